The third-order valence-electron chi connectivity index (χ3n) is 4.66. The second-order valence-electron chi connectivity index (χ2n) is 7.28. The van der Waals surface area contributed by atoms with Crippen molar-refractivity contribution in [2.45, 2.75) is 45.6 Å². The van der Waals surface area contributed by atoms with Gasteiger partial charge in [-0.05, 0) is 70.0 Å². The fourth-order valence-electron chi connectivity index (χ4n) is 3.16. The SMILES string of the molecule is CC(C)NC(=O)N1CCCc2nc(C(C)C(=O)Nc3ccc(F)cc3)ccc21. The van der Waals surface area contributed by atoms with E-state index in [2.05, 4.69) is 15.6 Å². The van der Waals surface area contributed by atoms with Crippen LogP contribution >= 0.6 is 0 Å². The molecule has 2 heterocycles. The minimum atomic E-state index is -0.477. The van der Waals surface area contributed by atoms with Gasteiger partial charge in [-0.15, -0.1) is 0 Å². The molecule has 0 bridgehead atoms. The number of pyridine rings is 1. The monoisotopic (exact) mass is 384 g/mol. The molecule has 1 aromatic carbocycles. The Bertz CT molecular complexity index is 867. The number of halogens is 1. The van der Waals surface area contributed by atoms with Crippen LogP contribution in [0.5, 0.6) is 0 Å². The minimum absolute atomic E-state index is 0.0558. The van der Waals surface area contributed by atoms with Crippen LogP contribution < -0.4 is 15.5 Å². The summed E-state index contributed by atoms with van der Waals surface area (Å²) in [5.41, 5.74) is 2.79. The molecule has 1 aromatic heterocycles. The molecule has 1 atom stereocenters. The zero-order chi connectivity index (χ0) is 20.3. The van der Waals surface area contributed by atoms with Crippen molar-refractivity contribution < 1.29 is 14.0 Å². The van der Waals surface area contributed by atoms with Crippen LogP contribution in [0.1, 0.15) is 44.5 Å². The summed E-state index contributed by atoms with van der Waals surface area (Å²) in [6.07, 6.45) is 1.59. The Kier molecular flexibility index (Phi) is 5.92. The van der Waals surface area contributed by atoms with Crippen LogP contribution in [0.2, 0.25) is 0 Å². The Hall–Kier alpha value is -2.96. The summed E-state index contributed by atoms with van der Waals surface area (Å²) in [5.74, 6) is -1.05. The van der Waals surface area contributed by atoms with Crippen LogP contribution in [0.4, 0.5) is 20.6 Å². The second-order valence-corrected chi connectivity index (χ2v) is 7.28. The second kappa shape index (κ2) is 8.37. The van der Waals surface area contributed by atoms with Crippen LogP contribution in [0, 0.1) is 5.82 Å². The molecule has 2 aromatic rings. The molecular formula is C21H25FN4O2. The summed E-state index contributed by atoms with van der Waals surface area (Å²) in [6, 6.07) is 9.21. The van der Waals surface area contributed by atoms with E-state index >= 15 is 0 Å². The van der Waals surface area contributed by atoms with E-state index in [9.17, 15) is 14.0 Å². The molecule has 1 aliphatic heterocycles. The number of carbonyl (C=O) groups excluding carboxylic acids is 2. The molecule has 1 aliphatic rings. The highest BCUT2D eigenvalue weighted by Gasteiger charge is 2.26. The van der Waals surface area contributed by atoms with Crippen molar-refractivity contribution in [3.63, 3.8) is 0 Å². The highest BCUT2D eigenvalue weighted by Crippen LogP contribution is 2.28. The van der Waals surface area contributed by atoms with Crippen molar-refractivity contribution in [1.82, 2.24) is 10.3 Å². The third-order valence-corrected chi connectivity index (χ3v) is 4.66. The van der Waals surface area contributed by atoms with Gasteiger partial charge in [-0.2, -0.15) is 0 Å². The summed E-state index contributed by atoms with van der Waals surface area (Å²) < 4.78 is 13.0. The van der Waals surface area contributed by atoms with E-state index in [0.29, 0.717) is 17.9 Å². The number of benzene rings is 1. The Labute approximate surface area is 164 Å². The van der Waals surface area contributed by atoms with Crippen molar-refractivity contribution >= 4 is 23.3 Å². The van der Waals surface area contributed by atoms with Crippen molar-refractivity contribution in [3.05, 3.63) is 53.6 Å². The molecule has 1 unspecified atom stereocenters. The van der Waals surface area contributed by atoms with E-state index < -0.39 is 5.92 Å². The summed E-state index contributed by atoms with van der Waals surface area (Å²) in [6.45, 7) is 6.27. The largest absolute Gasteiger partial charge is 0.336 e. The summed E-state index contributed by atoms with van der Waals surface area (Å²) in [4.78, 5) is 31.3. The molecule has 0 aliphatic carbocycles. The maximum Gasteiger partial charge on any atom is 0.322 e. The number of nitrogens with zero attached hydrogens (tertiary/aromatic N) is 2. The maximum atomic E-state index is 13.0. The molecule has 7 heteroatoms. The van der Waals surface area contributed by atoms with E-state index in [1.807, 2.05) is 19.9 Å². The molecule has 0 radical (unpaired) electrons. The number of nitrogens with one attached hydrogen (secondary N) is 2. The highest BCUT2D eigenvalue weighted by atomic mass is 19.1. The van der Waals surface area contributed by atoms with Crippen molar-refractivity contribution in [2.24, 2.45) is 0 Å². The van der Waals surface area contributed by atoms with Crippen LogP contribution in [-0.4, -0.2) is 29.5 Å². The van der Waals surface area contributed by atoms with Gasteiger partial charge in [-0.3, -0.25) is 14.7 Å². The molecule has 2 N–H and O–H groups in total. The summed E-state index contributed by atoms with van der Waals surface area (Å²) in [5, 5.41) is 5.68. The van der Waals surface area contributed by atoms with E-state index in [1.165, 1.54) is 24.3 Å². The van der Waals surface area contributed by atoms with E-state index in [-0.39, 0.29) is 23.8 Å². The van der Waals surface area contributed by atoms with Crippen LogP contribution in [0.15, 0.2) is 36.4 Å². The zero-order valence-corrected chi connectivity index (χ0v) is 16.3. The molecule has 28 heavy (non-hydrogen) atoms. The van der Waals surface area contributed by atoms with Crippen molar-refractivity contribution in [1.29, 1.82) is 0 Å². The molecule has 148 valence electrons. The first kappa shape index (κ1) is 19.8. The van der Waals surface area contributed by atoms with Crippen LogP contribution in [-0.2, 0) is 11.2 Å². The lowest BCUT2D eigenvalue weighted by Crippen LogP contribution is -2.45. The number of anilines is 2. The summed E-state index contributed by atoms with van der Waals surface area (Å²) in [7, 11) is 0. The lowest BCUT2D eigenvalue weighted by atomic mass is 10.0. The van der Waals surface area contributed by atoms with Crippen molar-refractivity contribution in [2.75, 3.05) is 16.8 Å². The molecule has 6 nitrogen and oxygen atoms in total. The van der Waals surface area contributed by atoms with Gasteiger partial charge in [-0.1, -0.05) is 0 Å². The predicted molar refractivity (Wildman–Crippen MR) is 107 cm³/mol. The van der Waals surface area contributed by atoms with E-state index in [4.69, 9.17) is 0 Å². The number of urea groups is 1. The van der Waals surface area contributed by atoms with Crippen molar-refractivity contribution in [3.8, 4) is 0 Å². The number of fused-ring (bicyclic) bond motifs is 1. The molecule has 0 saturated carbocycles. The number of rotatable bonds is 4. The first-order valence-electron chi connectivity index (χ1n) is 9.49. The fourth-order valence-corrected chi connectivity index (χ4v) is 3.16. The number of aromatic nitrogens is 1. The normalized spacial score (nSPS) is 14.4. The number of hydrogen-bond acceptors (Lipinski definition) is 3. The number of hydrogen-bond donors (Lipinski definition) is 2. The van der Waals surface area contributed by atoms with Gasteiger partial charge in [0.05, 0.1) is 23.0 Å². The topological polar surface area (TPSA) is 74.3 Å². The number of carbonyl (C=O) groups is 2. The molecule has 0 fully saturated rings. The molecule has 3 rings (SSSR count). The maximum absolute atomic E-state index is 13.0. The number of aryl methyl sites for hydroxylation is 1. The van der Waals surface area contributed by atoms with Gasteiger partial charge >= 0.3 is 6.03 Å². The first-order chi connectivity index (χ1) is 13.3. The minimum Gasteiger partial charge on any atom is -0.336 e. The van der Waals surface area contributed by atoms with E-state index in [0.717, 1.165) is 24.2 Å². The molecule has 3 amide bonds. The molecule has 0 spiro atoms. The van der Waals surface area contributed by atoms with Gasteiger partial charge in [0.15, 0.2) is 0 Å². The number of amides is 3. The first-order valence-corrected chi connectivity index (χ1v) is 9.49. The summed E-state index contributed by atoms with van der Waals surface area (Å²) >= 11 is 0. The van der Waals surface area contributed by atoms with Crippen LogP contribution in [0.25, 0.3) is 0 Å². The highest BCUT2D eigenvalue weighted by molar-refractivity contribution is 5.96. The Morgan fingerprint density at radius 2 is 1.82 bits per heavy atom. The van der Waals surface area contributed by atoms with Crippen LogP contribution in [0.3, 0.4) is 0 Å². The third kappa shape index (κ3) is 4.47. The van der Waals surface area contributed by atoms with Gasteiger partial charge in [0, 0.05) is 18.3 Å². The Morgan fingerprint density at radius 1 is 1.11 bits per heavy atom. The van der Waals surface area contributed by atoms with Gasteiger partial charge in [0.1, 0.15) is 5.82 Å². The molecular weight excluding hydrogens is 359 g/mol. The Morgan fingerprint density at radius 3 is 2.50 bits per heavy atom. The standard InChI is InChI=1S/C21H25FN4O2/c1-13(2)23-21(28)26-12-4-5-18-19(26)11-10-17(25-18)14(3)20(27)24-16-8-6-15(22)7-9-16/h6-11,13-14H,4-5,12H2,1-3H3,(H,23,28)(H,24,27). The zero-order valence-electron chi connectivity index (χ0n) is 16.3. The van der Waals surface area contributed by atoms with Gasteiger partial charge in [-0.25, -0.2) is 9.18 Å². The quantitative estimate of drug-likeness (QED) is 0.841. The molecule has 0 saturated heterocycles. The predicted octanol–water partition coefficient (Wildman–Crippen LogP) is 3.83. The lowest BCUT2D eigenvalue weighted by molar-refractivity contribution is -0.117. The smallest absolute Gasteiger partial charge is 0.322 e. The fraction of sp³-hybridized carbons (Fsp3) is 0.381. The van der Waals surface area contributed by atoms with Gasteiger partial charge in [0.2, 0.25) is 5.91 Å². The van der Waals surface area contributed by atoms with Gasteiger partial charge in [0.25, 0.3) is 0 Å². The lowest BCUT2D eigenvalue weighted by Gasteiger charge is -2.30. The Balaban J connectivity index is 1.75. The van der Waals surface area contributed by atoms with Gasteiger partial charge < -0.3 is 10.6 Å². The van der Waals surface area contributed by atoms with E-state index in [1.54, 1.807) is 17.9 Å². The average molecular weight is 384 g/mol. The average Bonchev–Trinajstić information content (AvgIpc) is 2.67.